The number of aromatic amines is 1. The third-order valence-corrected chi connectivity index (χ3v) is 2.66. The molecule has 86 valence electrons. The van der Waals surface area contributed by atoms with Crippen LogP contribution in [0.3, 0.4) is 0 Å². The zero-order chi connectivity index (χ0) is 10.9. The van der Waals surface area contributed by atoms with Gasteiger partial charge in [0, 0.05) is 20.3 Å². The Morgan fingerprint density at radius 3 is 3.00 bits per heavy atom. The minimum Gasteiger partial charge on any atom is -0.382 e. The summed E-state index contributed by atoms with van der Waals surface area (Å²) in [7, 11) is 1.66. The van der Waals surface area contributed by atoms with E-state index < -0.39 is 0 Å². The summed E-state index contributed by atoms with van der Waals surface area (Å²) in [6, 6.07) is 0. The topological polar surface area (TPSA) is 59.2 Å². The maximum Gasteiger partial charge on any atom is 0.204 e. The van der Waals surface area contributed by atoms with Gasteiger partial charge in [-0.25, -0.2) is 0 Å². The minimum absolute atomic E-state index is 0.647. The number of rotatable bonds is 8. The van der Waals surface area contributed by atoms with Crippen LogP contribution >= 0.6 is 23.6 Å². The highest BCUT2D eigenvalue weighted by atomic mass is 32.1. The zero-order valence-corrected chi connectivity index (χ0v) is 10.2. The van der Waals surface area contributed by atoms with Crippen LogP contribution in [-0.2, 0) is 9.47 Å². The largest absolute Gasteiger partial charge is 0.382 e. The first-order chi connectivity index (χ1) is 7.33. The van der Waals surface area contributed by atoms with Gasteiger partial charge in [-0.1, -0.05) is 11.3 Å². The van der Waals surface area contributed by atoms with Crippen molar-refractivity contribution in [2.45, 2.75) is 6.42 Å². The molecule has 0 saturated heterocycles. The molecule has 1 heterocycles. The molecule has 0 aliphatic carbocycles. The van der Waals surface area contributed by atoms with E-state index in [1.165, 1.54) is 11.3 Å². The van der Waals surface area contributed by atoms with Crippen LogP contribution in [0, 0.1) is 3.95 Å². The van der Waals surface area contributed by atoms with Crippen molar-refractivity contribution in [3.8, 4) is 0 Å². The molecule has 0 bridgehead atoms. The van der Waals surface area contributed by atoms with E-state index >= 15 is 0 Å². The number of anilines is 1. The molecule has 0 amide bonds. The SMILES string of the molecule is COCCOCCCNc1n[nH]c(=S)s1. The Balaban J connectivity index is 1.95. The Hall–Kier alpha value is -0.500. The van der Waals surface area contributed by atoms with Crippen molar-refractivity contribution < 1.29 is 9.47 Å². The average molecular weight is 249 g/mol. The van der Waals surface area contributed by atoms with Crippen molar-refractivity contribution >= 4 is 28.7 Å². The lowest BCUT2D eigenvalue weighted by Gasteiger charge is -2.03. The molecule has 0 atom stereocenters. The van der Waals surface area contributed by atoms with Crippen LogP contribution in [0.1, 0.15) is 6.42 Å². The van der Waals surface area contributed by atoms with Crippen LogP contribution in [0.2, 0.25) is 0 Å². The van der Waals surface area contributed by atoms with Crippen LogP contribution in [0.25, 0.3) is 0 Å². The highest BCUT2D eigenvalue weighted by molar-refractivity contribution is 7.73. The van der Waals surface area contributed by atoms with Gasteiger partial charge in [-0.05, 0) is 18.6 Å². The molecule has 15 heavy (non-hydrogen) atoms. The molecule has 0 radical (unpaired) electrons. The summed E-state index contributed by atoms with van der Waals surface area (Å²) in [6.07, 6.45) is 0.941. The summed E-state index contributed by atoms with van der Waals surface area (Å²) in [5.41, 5.74) is 0. The van der Waals surface area contributed by atoms with E-state index in [0.717, 1.165) is 24.7 Å². The highest BCUT2D eigenvalue weighted by Gasteiger charge is 1.95. The van der Waals surface area contributed by atoms with E-state index in [1.54, 1.807) is 7.11 Å². The third-order valence-electron chi connectivity index (χ3n) is 1.61. The lowest BCUT2D eigenvalue weighted by molar-refractivity contribution is 0.0705. The van der Waals surface area contributed by atoms with Gasteiger partial charge in [-0.2, -0.15) is 0 Å². The Morgan fingerprint density at radius 2 is 2.33 bits per heavy atom. The fourth-order valence-electron chi connectivity index (χ4n) is 0.919. The maximum absolute atomic E-state index is 5.31. The molecular formula is C8H15N3O2S2. The lowest BCUT2D eigenvalue weighted by Crippen LogP contribution is -2.08. The molecule has 0 aliphatic heterocycles. The quantitative estimate of drug-likeness (QED) is 0.542. The number of ether oxygens (including phenoxy) is 2. The van der Waals surface area contributed by atoms with Gasteiger partial charge in [0.05, 0.1) is 13.2 Å². The van der Waals surface area contributed by atoms with Gasteiger partial charge in [-0.15, -0.1) is 5.10 Å². The molecule has 0 unspecified atom stereocenters. The molecule has 7 heteroatoms. The predicted octanol–water partition coefficient (Wildman–Crippen LogP) is 1.67. The molecular weight excluding hydrogens is 234 g/mol. The zero-order valence-electron chi connectivity index (χ0n) is 8.62. The molecule has 0 fully saturated rings. The van der Waals surface area contributed by atoms with E-state index in [2.05, 4.69) is 15.5 Å². The number of aromatic nitrogens is 2. The summed E-state index contributed by atoms with van der Waals surface area (Å²) in [6.45, 7) is 2.86. The average Bonchev–Trinajstić information content (AvgIpc) is 2.63. The van der Waals surface area contributed by atoms with E-state index in [4.69, 9.17) is 21.7 Å². The molecule has 0 aliphatic rings. The van der Waals surface area contributed by atoms with Crippen LogP contribution in [0.15, 0.2) is 0 Å². The standard InChI is InChI=1S/C8H15N3O2S2/c1-12-5-6-13-4-2-3-9-7-10-11-8(14)15-7/h2-6H2,1H3,(H,9,10)(H,11,14). The third kappa shape index (κ3) is 5.83. The van der Waals surface area contributed by atoms with Gasteiger partial charge in [0.15, 0.2) is 3.95 Å². The van der Waals surface area contributed by atoms with Gasteiger partial charge in [0.1, 0.15) is 0 Å². The van der Waals surface area contributed by atoms with Crippen LogP contribution in [0.5, 0.6) is 0 Å². The first-order valence-electron chi connectivity index (χ1n) is 4.69. The number of methoxy groups -OCH3 is 1. The lowest BCUT2D eigenvalue weighted by atomic mass is 10.4. The maximum atomic E-state index is 5.31. The smallest absolute Gasteiger partial charge is 0.204 e. The minimum atomic E-state index is 0.647. The van der Waals surface area contributed by atoms with Crippen molar-refractivity contribution in [3.05, 3.63) is 3.95 Å². The van der Waals surface area contributed by atoms with Crippen molar-refractivity contribution in [2.24, 2.45) is 0 Å². The molecule has 1 rings (SSSR count). The summed E-state index contributed by atoms with van der Waals surface area (Å²) in [5.74, 6) is 0. The number of hydrogen-bond acceptors (Lipinski definition) is 6. The normalized spacial score (nSPS) is 10.5. The van der Waals surface area contributed by atoms with Crippen molar-refractivity contribution in [1.29, 1.82) is 0 Å². The van der Waals surface area contributed by atoms with E-state index in [0.29, 0.717) is 17.2 Å². The summed E-state index contributed by atoms with van der Waals surface area (Å²) in [4.78, 5) is 0. The first-order valence-corrected chi connectivity index (χ1v) is 5.91. The number of H-pyrrole nitrogens is 1. The van der Waals surface area contributed by atoms with Crippen LogP contribution in [0.4, 0.5) is 5.13 Å². The van der Waals surface area contributed by atoms with Gasteiger partial charge < -0.3 is 14.8 Å². The van der Waals surface area contributed by atoms with E-state index in [-0.39, 0.29) is 0 Å². The van der Waals surface area contributed by atoms with E-state index in [1.807, 2.05) is 0 Å². The van der Waals surface area contributed by atoms with Gasteiger partial charge >= 0.3 is 0 Å². The Morgan fingerprint density at radius 1 is 1.47 bits per heavy atom. The summed E-state index contributed by atoms with van der Waals surface area (Å²) >= 11 is 6.34. The Labute approximate surface area is 97.8 Å². The summed E-state index contributed by atoms with van der Waals surface area (Å²) < 4.78 is 10.9. The fraction of sp³-hybridized carbons (Fsp3) is 0.750. The second-order valence-corrected chi connectivity index (χ2v) is 4.47. The Kier molecular flexibility index (Phi) is 6.49. The number of nitrogens with zero attached hydrogens (tertiary/aromatic N) is 1. The molecule has 0 spiro atoms. The second-order valence-electron chi connectivity index (χ2n) is 2.80. The van der Waals surface area contributed by atoms with Crippen molar-refractivity contribution in [1.82, 2.24) is 10.2 Å². The molecule has 0 saturated carbocycles. The van der Waals surface area contributed by atoms with Gasteiger partial charge in [0.25, 0.3) is 0 Å². The van der Waals surface area contributed by atoms with Crippen LogP contribution < -0.4 is 5.32 Å². The van der Waals surface area contributed by atoms with Gasteiger partial charge in [0.2, 0.25) is 5.13 Å². The predicted molar refractivity (Wildman–Crippen MR) is 63.1 cm³/mol. The monoisotopic (exact) mass is 249 g/mol. The first kappa shape index (κ1) is 12.6. The fourth-order valence-corrected chi connectivity index (χ4v) is 1.73. The molecule has 1 aromatic heterocycles. The van der Waals surface area contributed by atoms with Crippen molar-refractivity contribution in [2.75, 3.05) is 38.8 Å². The summed E-state index contributed by atoms with van der Waals surface area (Å²) in [5, 5.41) is 10.7. The molecule has 5 nitrogen and oxygen atoms in total. The van der Waals surface area contributed by atoms with Gasteiger partial charge in [-0.3, -0.25) is 5.10 Å². The molecule has 2 N–H and O–H groups in total. The van der Waals surface area contributed by atoms with Crippen LogP contribution in [-0.4, -0.2) is 43.7 Å². The van der Waals surface area contributed by atoms with Crippen molar-refractivity contribution in [3.63, 3.8) is 0 Å². The highest BCUT2D eigenvalue weighted by Crippen LogP contribution is 2.09. The molecule has 0 aromatic carbocycles. The molecule has 1 aromatic rings. The number of hydrogen-bond donors (Lipinski definition) is 2. The second kappa shape index (κ2) is 7.75. The Bertz CT molecular complexity index is 313. The number of nitrogens with one attached hydrogen (secondary N) is 2. The van der Waals surface area contributed by atoms with E-state index in [9.17, 15) is 0 Å².